The molecule has 4 aromatic rings. The van der Waals surface area contributed by atoms with Gasteiger partial charge in [0.25, 0.3) is 15.9 Å². The summed E-state index contributed by atoms with van der Waals surface area (Å²) >= 11 is 6.51. The minimum atomic E-state index is -4.27. The zero-order chi connectivity index (χ0) is 33.2. The summed E-state index contributed by atoms with van der Waals surface area (Å²) in [7, 11) is -1.28. The van der Waals surface area contributed by atoms with E-state index in [1.54, 1.807) is 43.5 Å². The minimum absolute atomic E-state index is 0.0302. The third-order valence-electron chi connectivity index (χ3n) is 6.33. The van der Waals surface area contributed by atoms with Gasteiger partial charge in [-0.3, -0.25) is 10.0 Å². The number of benzene rings is 2. The Hall–Kier alpha value is -5.06. The van der Waals surface area contributed by atoms with Crippen molar-refractivity contribution < 1.29 is 46.4 Å². The van der Waals surface area contributed by atoms with Crippen LogP contribution in [0.25, 0.3) is 0 Å². The quantitative estimate of drug-likeness (QED) is 0.159. The molecule has 1 aliphatic heterocycles. The van der Waals surface area contributed by atoms with Crippen LogP contribution in [-0.4, -0.2) is 70.3 Å². The standard InChI is InChI=1S/C30H30ClN5O10S/c1-40-14-6-10-25-33-28(36-47(38,39)19-11-12-20-23(17-19)45-18-44-20)27(46-22-8-5-7-21(41-2)26(22)31)29(34-25)42-15-16-43-30(37)35-24-9-3-4-13-32-24/h3-5,7-9,11-13,17H,6,10,14-16,18H2,1-2H3,(H,32,35,37)(H,33,34,36). The topological polar surface area (TPSA) is 179 Å². The number of ether oxygens (including phenoxy) is 7. The number of carbonyl (C=O) groups is 1. The van der Waals surface area contributed by atoms with Crippen molar-refractivity contribution in [3.05, 3.63) is 71.6 Å². The van der Waals surface area contributed by atoms with E-state index in [0.29, 0.717) is 36.8 Å². The molecule has 5 rings (SSSR count). The van der Waals surface area contributed by atoms with Crippen LogP contribution in [0.5, 0.6) is 34.6 Å². The second kappa shape index (κ2) is 15.5. The molecule has 0 fully saturated rings. The lowest BCUT2D eigenvalue weighted by molar-refractivity contribution is 0.135. The maximum Gasteiger partial charge on any atom is 0.412 e. The molecular formula is C30H30ClN5O10S. The van der Waals surface area contributed by atoms with E-state index < -0.39 is 16.1 Å². The number of amides is 1. The summed E-state index contributed by atoms with van der Waals surface area (Å²) in [5.74, 6) is 1.01. The van der Waals surface area contributed by atoms with Gasteiger partial charge in [0.05, 0.1) is 12.0 Å². The van der Waals surface area contributed by atoms with E-state index >= 15 is 0 Å². The van der Waals surface area contributed by atoms with Crippen molar-refractivity contribution >= 4 is 39.4 Å². The van der Waals surface area contributed by atoms with Gasteiger partial charge in [0.2, 0.25) is 12.5 Å². The van der Waals surface area contributed by atoms with Crippen LogP contribution in [0.15, 0.2) is 65.7 Å². The monoisotopic (exact) mass is 687 g/mol. The van der Waals surface area contributed by atoms with Gasteiger partial charge < -0.3 is 33.2 Å². The Bertz CT molecular complexity index is 1810. The number of sulfonamides is 1. The number of hydrogen-bond acceptors (Lipinski definition) is 13. The molecule has 0 aliphatic carbocycles. The smallest absolute Gasteiger partial charge is 0.412 e. The number of aromatic nitrogens is 3. The van der Waals surface area contributed by atoms with E-state index in [1.807, 2.05) is 0 Å². The maximum atomic E-state index is 13.6. The first-order valence-corrected chi connectivity index (χ1v) is 15.9. The molecule has 1 amide bonds. The maximum absolute atomic E-state index is 13.6. The van der Waals surface area contributed by atoms with Crippen molar-refractivity contribution in [2.75, 3.05) is 50.9 Å². The lowest BCUT2D eigenvalue weighted by Gasteiger charge is -2.18. The summed E-state index contributed by atoms with van der Waals surface area (Å²) in [5.41, 5.74) is 0. The average molecular weight is 688 g/mol. The van der Waals surface area contributed by atoms with Gasteiger partial charge in [0.15, 0.2) is 17.3 Å². The summed E-state index contributed by atoms with van der Waals surface area (Å²) < 4.78 is 68.1. The molecule has 3 heterocycles. The number of halogens is 1. The first kappa shape index (κ1) is 33.3. The molecule has 0 unspecified atom stereocenters. The second-order valence-electron chi connectivity index (χ2n) is 9.54. The van der Waals surface area contributed by atoms with Crippen LogP contribution in [-0.2, 0) is 25.9 Å². The van der Waals surface area contributed by atoms with Gasteiger partial charge in [-0.2, -0.15) is 4.98 Å². The lowest BCUT2D eigenvalue weighted by atomic mass is 10.3. The van der Waals surface area contributed by atoms with Crippen LogP contribution in [0.2, 0.25) is 5.02 Å². The summed E-state index contributed by atoms with van der Waals surface area (Å²) in [4.78, 5) is 25.1. The predicted molar refractivity (Wildman–Crippen MR) is 168 cm³/mol. The van der Waals surface area contributed by atoms with E-state index in [4.69, 9.17) is 44.8 Å². The molecular weight excluding hydrogens is 658 g/mol. The van der Waals surface area contributed by atoms with E-state index in [1.165, 1.54) is 31.5 Å². The lowest BCUT2D eigenvalue weighted by Crippen LogP contribution is -2.19. The highest BCUT2D eigenvalue weighted by Crippen LogP contribution is 2.43. The number of aryl methyl sites for hydroxylation is 1. The average Bonchev–Trinajstić information content (AvgIpc) is 3.54. The van der Waals surface area contributed by atoms with Crippen LogP contribution in [0.1, 0.15) is 12.2 Å². The Labute approximate surface area is 275 Å². The Kier molecular flexibility index (Phi) is 11.0. The highest BCUT2D eigenvalue weighted by atomic mass is 35.5. The molecule has 2 aromatic heterocycles. The number of fused-ring (bicyclic) bond motifs is 1. The number of nitrogens with one attached hydrogen (secondary N) is 2. The Morgan fingerprint density at radius 2 is 1.81 bits per heavy atom. The van der Waals surface area contributed by atoms with Crippen molar-refractivity contribution in [3.8, 4) is 34.6 Å². The number of rotatable bonds is 15. The number of anilines is 2. The number of methoxy groups -OCH3 is 2. The van der Waals surface area contributed by atoms with Crippen LogP contribution < -0.4 is 33.7 Å². The predicted octanol–water partition coefficient (Wildman–Crippen LogP) is 5.06. The highest BCUT2D eigenvalue weighted by molar-refractivity contribution is 7.92. The van der Waals surface area contributed by atoms with Crippen LogP contribution >= 0.6 is 11.6 Å². The minimum Gasteiger partial charge on any atom is -0.495 e. The highest BCUT2D eigenvalue weighted by Gasteiger charge is 2.27. The normalized spacial score (nSPS) is 11.9. The molecule has 0 saturated heterocycles. The van der Waals surface area contributed by atoms with Crippen molar-refractivity contribution in [1.82, 2.24) is 15.0 Å². The molecule has 2 N–H and O–H groups in total. The van der Waals surface area contributed by atoms with E-state index in [2.05, 4.69) is 25.0 Å². The van der Waals surface area contributed by atoms with Gasteiger partial charge in [0, 0.05) is 32.4 Å². The SMILES string of the molecule is COCCCc1nc(NS(=O)(=O)c2ccc3c(c2)OCO3)c(Oc2cccc(OC)c2Cl)c(OCCOC(=O)Nc2ccccn2)n1. The molecule has 0 atom stereocenters. The molecule has 47 heavy (non-hydrogen) atoms. The van der Waals surface area contributed by atoms with Gasteiger partial charge in [0.1, 0.15) is 41.4 Å². The molecule has 2 aromatic carbocycles. The van der Waals surface area contributed by atoms with E-state index in [0.717, 1.165) is 0 Å². The van der Waals surface area contributed by atoms with Crippen molar-refractivity contribution in [2.24, 2.45) is 0 Å². The fourth-order valence-electron chi connectivity index (χ4n) is 4.14. The number of pyridine rings is 1. The molecule has 1 aliphatic rings. The summed E-state index contributed by atoms with van der Waals surface area (Å²) in [6.07, 6.45) is 1.58. The number of carbonyl (C=O) groups excluding carboxylic acids is 1. The molecule has 17 heteroatoms. The Balaban J connectivity index is 1.46. The van der Waals surface area contributed by atoms with Crippen molar-refractivity contribution in [3.63, 3.8) is 0 Å². The van der Waals surface area contributed by atoms with Crippen molar-refractivity contribution in [1.29, 1.82) is 0 Å². The van der Waals surface area contributed by atoms with Gasteiger partial charge in [-0.25, -0.2) is 23.2 Å². The molecule has 0 spiro atoms. The first-order valence-electron chi connectivity index (χ1n) is 14.1. The van der Waals surface area contributed by atoms with Gasteiger partial charge in [-0.15, -0.1) is 0 Å². The zero-order valence-corrected chi connectivity index (χ0v) is 26.8. The zero-order valence-electron chi connectivity index (χ0n) is 25.2. The molecule has 15 nitrogen and oxygen atoms in total. The fraction of sp³-hybridized carbons (Fsp3) is 0.267. The second-order valence-corrected chi connectivity index (χ2v) is 11.6. The van der Waals surface area contributed by atoms with E-state index in [9.17, 15) is 13.2 Å². The molecule has 0 saturated carbocycles. The summed E-state index contributed by atoms with van der Waals surface area (Å²) in [6.45, 7) is -0.0355. The van der Waals surface area contributed by atoms with Crippen LogP contribution in [0.3, 0.4) is 0 Å². The van der Waals surface area contributed by atoms with E-state index in [-0.39, 0.29) is 64.7 Å². The van der Waals surface area contributed by atoms with Gasteiger partial charge in [-0.1, -0.05) is 23.7 Å². The van der Waals surface area contributed by atoms with Crippen molar-refractivity contribution in [2.45, 2.75) is 17.7 Å². The molecule has 0 bridgehead atoms. The third kappa shape index (κ3) is 8.60. The molecule has 248 valence electrons. The summed E-state index contributed by atoms with van der Waals surface area (Å²) in [6, 6.07) is 14.0. The first-order chi connectivity index (χ1) is 22.8. The fourth-order valence-corrected chi connectivity index (χ4v) is 5.40. The summed E-state index contributed by atoms with van der Waals surface area (Å²) in [5, 5.41) is 2.60. The number of hydrogen-bond donors (Lipinski definition) is 2. The number of nitrogens with zero attached hydrogens (tertiary/aromatic N) is 3. The van der Waals surface area contributed by atoms with Gasteiger partial charge in [-0.05, 0) is 42.8 Å². The molecule has 0 radical (unpaired) electrons. The Morgan fingerprint density at radius 3 is 2.60 bits per heavy atom. The van der Waals surface area contributed by atoms with Crippen LogP contribution in [0, 0.1) is 0 Å². The third-order valence-corrected chi connectivity index (χ3v) is 8.03. The van der Waals surface area contributed by atoms with Gasteiger partial charge >= 0.3 is 6.09 Å². The largest absolute Gasteiger partial charge is 0.495 e. The van der Waals surface area contributed by atoms with Crippen LogP contribution in [0.4, 0.5) is 16.4 Å². The Morgan fingerprint density at radius 1 is 0.979 bits per heavy atom.